The van der Waals surface area contributed by atoms with Gasteiger partial charge in [-0.05, 0) is 31.2 Å². The summed E-state index contributed by atoms with van der Waals surface area (Å²) in [5.41, 5.74) is 0.808. The molecule has 0 aliphatic heterocycles. The summed E-state index contributed by atoms with van der Waals surface area (Å²) in [6.45, 7) is 2.26. The van der Waals surface area contributed by atoms with Gasteiger partial charge in [0.05, 0.1) is 10.2 Å². The van der Waals surface area contributed by atoms with Gasteiger partial charge in [0, 0.05) is 36.2 Å². The molecule has 1 aromatic carbocycles. The van der Waals surface area contributed by atoms with E-state index in [-0.39, 0.29) is 16.8 Å². The number of hydrogen-bond donors (Lipinski definition) is 1. The van der Waals surface area contributed by atoms with Crippen molar-refractivity contribution in [1.29, 1.82) is 0 Å². The summed E-state index contributed by atoms with van der Waals surface area (Å²) in [4.78, 5) is 23.3. The smallest absolute Gasteiger partial charge is 0.269 e. The molecule has 0 aliphatic carbocycles. The Morgan fingerprint density at radius 2 is 2.04 bits per heavy atom. The normalized spacial score (nSPS) is 12.0. The fourth-order valence-electron chi connectivity index (χ4n) is 2.41. The summed E-state index contributed by atoms with van der Waals surface area (Å²) in [6.07, 6.45) is 2.46. The second-order valence-electron chi connectivity index (χ2n) is 5.60. The van der Waals surface area contributed by atoms with Crippen molar-refractivity contribution in [2.75, 3.05) is 6.54 Å². The van der Waals surface area contributed by atoms with Crippen molar-refractivity contribution >= 4 is 29.0 Å². The Hall–Kier alpha value is -2.94. The van der Waals surface area contributed by atoms with Crippen LogP contribution in [0.2, 0.25) is 0 Å². The first-order valence-electron chi connectivity index (χ1n) is 8.02. The van der Waals surface area contributed by atoms with Crippen LogP contribution in [0.3, 0.4) is 0 Å². The fourth-order valence-corrected chi connectivity index (χ4v) is 3.30. The van der Waals surface area contributed by atoms with E-state index in [4.69, 9.17) is 0 Å². The molecule has 8 nitrogen and oxygen atoms in total. The van der Waals surface area contributed by atoms with Crippen LogP contribution < -0.4 is 5.32 Å². The number of benzene rings is 1. The summed E-state index contributed by atoms with van der Waals surface area (Å²) in [5.74, 6) is 0.693. The molecule has 3 rings (SSSR count). The molecule has 1 amide bonds. The standard InChI is InChI=1S/C17H17N5O3S/c1-12(26-14-7-5-13(6-8-14)22(24)25)17(23)18-10-9-16-20-19-15-4-2-3-11-21(15)16/h2-8,11-12H,9-10H2,1H3,(H,18,23). The zero-order chi connectivity index (χ0) is 18.5. The second-order valence-corrected chi connectivity index (χ2v) is 7.01. The first-order chi connectivity index (χ1) is 12.5. The predicted octanol–water partition coefficient (Wildman–Crippen LogP) is 2.48. The highest BCUT2D eigenvalue weighted by molar-refractivity contribution is 8.00. The summed E-state index contributed by atoms with van der Waals surface area (Å²) in [6, 6.07) is 11.8. The van der Waals surface area contributed by atoms with Gasteiger partial charge in [-0.1, -0.05) is 6.07 Å². The summed E-state index contributed by atoms with van der Waals surface area (Å²) < 4.78 is 1.89. The highest BCUT2D eigenvalue weighted by Crippen LogP contribution is 2.25. The molecule has 0 saturated carbocycles. The highest BCUT2D eigenvalue weighted by atomic mass is 32.2. The summed E-state index contributed by atoms with van der Waals surface area (Å²) >= 11 is 1.35. The largest absolute Gasteiger partial charge is 0.355 e. The van der Waals surface area contributed by atoms with E-state index in [0.717, 1.165) is 16.4 Å². The molecule has 0 spiro atoms. The van der Waals surface area contributed by atoms with Crippen molar-refractivity contribution in [3.05, 3.63) is 64.6 Å². The quantitative estimate of drug-likeness (QED) is 0.389. The molecular weight excluding hydrogens is 354 g/mol. The number of nitrogens with one attached hydrogen (secondary N) is 1. The molecule has 1 unspecified atom stereocenters. The number of carbonyl (C=O) groups excluding carboxylic acids is 1. The Balaban J connectivity index is 1.50. The van der Waals surface area contributed by atoms with Gasteiger partial charge in [-0.3, -0.25) is 19.3 Å². The maximum absolute atomic E-state index is 12.2. The molecule has 2 heterocycles. The number of pyridine rings is 1. The van der Waals surface area contributed by atoms with E-state index in [1.54, 1.807) is 19.1 Å². The number of rotatable bonds is 7. The molecule has 0 fully saturated rings. The number of nitro benzene ring substituents is 1. The van der Waals surface area contributed by atoms with Gasteiger partial charge in [-0.2, -0.15) is 0 Å². The van der Waals surface area contributed by atoms with E-state index < -0.39 is 4.92 Å². The SMILES string of the molecule is CC(Sc1ccc([N+](=O)[O-])cc1)C(=O)NCCc1nnc2ccccn12. The molecule has 9 heteroatoms. The monoisotopic (exact) mass is 371 g/mol. The molecular formula is C17H17N5O3S. The minimum Gasteiger partial charge on any atom is -0.355 e. The molecule has 1 atom stereocenters. The van der Waals surface area contributed by atoms with Gasteiger partial charge in [0.1, 0.15) is 5.82 Å². The van der Waals surface area contributed by atoms with Crippen LogP contribution in [0.5, 0.6) is 0 Å². The van der Waals surface area contributed by atoms with E-state index in [1.807, 2.05) is 28.8 Å². The molecule has 134 valence electrons. The van der Waals surface area contributed by atoms with E-state index >= 15 is 0 Å². The minimum absolute atomic E-state index is 0.0342. The lowest BCUT2D eigenvalue weighted by Crippen LogP contribution is -2.32. The summed E-state index contributed by atoms with van der Waals surface area (Å²) in [5, 5.41) is 21.4. The van der Waals surface area contributed by atoms with E-state index in [9.17, 15) is 14.9 Å². The Bertz CT molecular complexity index is 926. The van der Waals surface area contributed by atoms with Crippen LogP contribution in [0, 0.1) is 10.1 Å². The lowest BCUT2D eigenvalue weighted by atomic mass is 10.3. The van der Waals surface area contributed by atoms with Gasteiger partial charge in [0.25, 0.3) is 5.69 Å². The maximum Gasteiger partial charge on any atom is 0.269 e. The van der Waals surface area contributed by atoms with Crippen molar-refractivity contribution in [2.45, 2.75) is 23.5 Å². The van der Waals surface area contributed by atoms with Gasteiger partial charge in [0.15, 0.2) is 5.65 Å². The van der Waals surface area contributed by atoms with Crippen molar-refractivity contribution in [2.24, 2.45) is 0 Å². The van der Waals surface area contributed by atoms with Crippen molar-refractivity contribution < 1.29 is 9.72 Å². The third kappa shape index (κ3) is 4.17. The van der Waals surface area contributed by atoms with Crippen molar-refractivity contribution in [1.82, 2.24) is 19.9 Å². The van der Waals surface area contributed by atoms with Crippen LogP contribution in [0.15, 0.2) is 53.6 Å². The van der Waals surface area contributed by atoms with E-state index in [2.05, 4.69) is 15.5 Å². The van der Waals surface area contributed by atoms with Crippen LogP contribution in [-0.4, -0.2) is 37.2 Å². The number of fused-ring (bicyclic) bond motifs is 1. The van der Waals surface area contributed by atoms with Crippen molar-refractivity contribution in [3.8, 4) is 0 Å². The molecule has 3 aromatic rings. The number of thioether (sulfide) groups is 1. The van der Waals surface area contributed by atoms with E-state index in [1.165, 1.54) is 23.9 Å². The minimum atomic E-state index is -0.446. The first-order valence-corrected chi connectivity index (χ1v) is 8.90. The fraction of sp³-hybridized carbons (Fsp3) is 0.235. The van der Waals surface area contributed by atoms with Gasteiger partial charge >= 0.3 is 0 Å². The van der Waals surface area contributed by atoms with Crippen molar-refractivity contribution in [3.63, 3.8) is 0 Å². The molecule has 26 heavy (non-hydrogen) atoms. The summed E-state index contributed by atoms with van der Waals surface area (Å²) in [7, 11) is 0. The van der Waals surface area contributed by atoms with E-state index in [0.29, 0.717) is 13.0 Å². The maximum atomic E-state index is 12.2. The van der Waals surface area contributed by atoms with Crippen LogP contribution in [0.1, 0.15) is 12.7 Å². The third-order valence-electron chi connectivity index (χ3n) is 3.76. The molecule has 0 bridgehead atoms. The van der Waals surface area contributed by atoms with Crippen LogP contribution in [-0.2, 0) is 11.2 Å². The average Bonchev–Trinajstić information content (AvgIpc) is 3.05. The predicted molar refractivity (Wildman–Crippen MR) is 98.1 cm³/mol. The number of non-ortho nitro benzene ring substituents is 1. The number of amides is 1. The number of carbonyl (C=O) groups is 1. The number of aromatic nitrogens is 3. The average molecular weight is 371 g/mol. The van der Waals surface area contributed by atoms with Gasteiger partial charge in [0.2, 0.25) is 5.91 Å². The third-order valence-corrected chi connectivity index (χ3v) is 4.87. The number of hydrogen-bond acceptors (Lipinski definition) is 6. The second kappa shape index (κ2) is 7.96. The van der Waals surface area contributed by atoms with Crippen LogP contribution in [0.25, 0.3) is 5.65 Å². The Kier molecular flexibility index (Phi) is 5.47. The van der Waals surface area contributed by atoms with Crippen LogP contribution >= 0.6 is 11.8 Å². The van der Waals surface area contributed by atoms with Gasteiger partial charge in [-0.25, -0.2) is 0 Å². The topological polar surface area (TPSA) is 102 Å². The lowest BCUT2D eigenvalue weighted by Gasteiger charge is -2.11. The van der Waals surface area contributed by atoms with Gasteiger partial charge in [-0.15, -0.1) is 22.0 Å². The lowest BCUT2D eigenvalue weighted by molar-refractivity contribution is -0.384. The Morgan fingerprint density at radius 3 is 2.77 bits per heavy atom. The first kappa shape index (κ1) is 17.9. The zero-order valence-electron chi connectivity index (χ0n) is 14.0. The molecule has 0 saturated heterocycles. The number of nitro groups is 1. The Labute approximate surface area is 153 Å². The molecule has 2 aromatic heterocycles. The molecule has 1 N–H and O–H groups in total. The Morgan fingerprint density at radius 1 is 1.27 bits per heavy atom. The molecule has 0 radical (unpaired) electrons. The highest BCUT2D eigenvalue weighted by Gasteiger charge is 2.15. The van der Waals surface area contributed by atoms with Crippen LogP contribution in [0.4, 0.5) is 5.69 Å². The van der Waals surface area contributed by atoms with Gasteiger partial charge < -0.3 is 5.32 Å². The number of nitrogens with zero attached hydrogens (tertiary/aromatic N) is 4. The molecule has 0 aliphatic rings. The zero-order valence-corrected chi connectivity index (χ0v) is 14.8.